The maximum atomic E-state index is 16.3. The van der Waals surface area contributed by atoms with E-state index in [4.69, 9.17) is 60.6 Å². The third-order valence-corrected chi connectivity index (χ3v) is 18.4. The van der Waals surface area contributed by atoms with Gasteiger partial charge in [0.1, 0.15) is 41.3 Å². The van der Waals surface area contributed by atoms with E-state index >= 15 is 8.78 Å². The Morgan fingerprint density at radius 3 is 1.35 bits per heavy atom. The van der Waals surface area contributed by atoms with Crippen molar-refractivity contribution in [3.8, 4) is 11.5 Å². The van der Waals surface area contributed by atoms with Gasteiger partial charge >= 0.3 is 11.9 Å². The molecule has 4 aromatic carbocycles. The molecule has 33 heteroatoms. The molecular formula is C66H78Cl4F2N10O17. The van der Waals surface area contributed by atoms with Crippen LogP contribution in [0.1, 0.15) is 132 Å². The summed E-state index contributed by atoms with van der Waals surface area (Å²) in [7, 11) is 2.90. The SMILES string of the molecule is CC(Cl)(Cl)C(=O)N[C@H](CO)[C@H](O)c1ccc([N+](=O)[O-])cc1.COc1c(N2CCNC(C)C2)c(F)c(C)c2c(=O)c(C(=O)O)c(C)n(C3CC3)c12.COc1c(N2CCNC(C)C2)c(F)c(C)c2c(=O)c(C(=O)OC[C@@H](NC(=O)C(C)(Cl)Cl)[C@H](O)c3ccc([N+](=O)[O-])cc3)c(C)n(C3CC3)c12. The number of amides is 2. The smallest absolute Gasteiger partial charge is 0.344 e. The fraction of sp³-hybridized carbons (Fsp3) is 0.485. The third-order valence-electron chi connectivity index (χ3n) is 17.7. The summed E-state index contributed by atoms with van der Waals surface area (Å²) in [6.45, 7) is 15.2. The van der Waals surface area contributed by atoms with Crippen molar-refractivity contribution in [2.75, 3.05) is 76.5 Å². The van der Waals surface area contributed by atoms with Crippen molar-refractivity contribution in [3.05, 3.63) is 146 Å². The van der Waals surface area contributed by atoms with Crippen LogP contribution in [-0.2, 0) is 14.3 Å². The van der Waals surface area contributed by atoms with Crippen LogP contribution < -0.4 is 51.4 Å². The third kappa shape index (κ3) is 16.6. The van der Waals surface area contributed by atoms with Crippen molar-refractivity contribution in [2.24, 2.45) is 0 Å². The molecule has 4 fully saturated rings. The number of benzene rings is 4. The predicted molar refractivity (Wildman–Crippen MR) is 369 cm³/mol. The largest absolute Gasteiger partial charge is 0.492 e. The number of alkyl halides is 4. The molecule has 2 aromatic heterocycles. The fourth-order valence-corrected chi connectivity index (χ4v) is 12.6. The number of carbonyl (C=O) groups is 4. The minimum Gasteiger partial charge on any atom is -0.492 e. The van der Waals surface area contributed by atoms with E-state index in [1.165, 1.54) is 83.5 Å². The Bertz CT molecular complexity index is 4240. The molecule has 6 aromatic rings. The average molecular weight is 1460 g/mol. The monoisotopic (exact) mass is 1460 g/mol. The van der Waals surface area contributed by atoms with Crippen LogP contribution in [0.15, 0.2) is 58.1 Å². The van der Waals surface area contributed by atoms with Gasteiger partial charge in [0.05, 0.1) is 64.6 Å². The Morgan fingerprint density at radius 2 is 1.02 bits per heavy atom. The van der Waals surface area contributed by atoms with Gasteiger partial charge in [0.2, 0.25) is 10.9 Å². The number of ether oxygens (including phenoxy) is 3. The summed E-state index contributed by atoms with van der Waals surface area (Å²) in [5.41, 5.74) is 0.474. The lowest BCUT2D eigenvalue weighted by Gasteiger charge is -2.35. The van der Waals surface area contributed by atoms with Crippen LogP contribution >= 0.6 is 46.4 Å². The number of aromatic carboxylic acids is 1. The number of non-ortho nitro benzene ring substituents is 2. The first kappa shape index (κ1) is 76.7. The molecule has 99 heavy (non-hydrogen) atoms. The molecular weight excluding hydrogens is 1380 g/mol. The van der Waals surface area contributed by atoms with E-state index in [1.54, 1.807) is 20.8 Å². The van der Waals surface area contributed by atoms with Crippen molar-refractivity contribution >= 4 is 115 Å². The highest BCUT2D eigenvalue weighted by Crippen LogP contribution is 2.48. The number of aryl methyl sites for hydroxylation is 2. The van der Waals surface area contributed by atoms with Gasteiger partial charge in [-0.25, -0.2) is 18.4 Å². The Kier molecular flexibility index (Phi) is 24.2. The summed E-state index contributed by atoms with van der Waals surface area (Å²) in [5.74, 6) is -4.67. The number of nitrogens with zero attached hydrogens (tertiary/aromatic N) is 6. The normalized spacial score (nSPS) is 17.6. The lowest BCUT2D eigenvalue weighted by molar-refractivity contribution is -0.385. The number of fused-ring (bicyclic) bond motifs is 2. The van der Waals surface area contributed by atoms with E-state index in [1.807, 2.05) is 32.8 Å². The van der Waals surface area contributed by atoms with Crippen molar-refractivity contribution in [1.82, 2.24) is 30.4 Å². The number of piperazine rings is 2. The Hall–Kier alpha value is -8.00. The molecule has 0 bridgehead atoms. The van der Waals surface area contributed by atoms with Crippen molar-refractivity contribution in [1.29, 1.82) is 0 Å². The quantitative estimate of drug-likeness (QED) is 0.0145. The molecule has 8 N–H and O–H groups in total. The van der Waals surface area contributed by atoms with Gasteiger partial charge < -0.3 is 74.8 Å². The van der Waals surface area contributed by atoms with Gasteiger partial charge in [-0.2, -0.15) is 0 Å². The number of methoxy groups -OCH3 is 2. The summed E-state index contributed by atoms with van der Waals surface area (Å²) < 4.78 is 49.1. The molecule has 4 heterocycles. The zero-order valence-corrected chi connectivity index (χ0v) is 58.8. The number of pyridine rings is 2. The number of esters is 1. The summed E-state index contributed by atoms with van der Waals surface area (Å²) in [5, 5.41) is 73.3. The first-order valence-electron chi connectivity index (χ1n) is 31.6. The lowest BCUT2D eigenvalue weighted by atomic mass is 9.99. The fourth-order valence-electron chi connectivity index (χ4n) is 12.4. The van der Waals surface area contributed by atoms with Gasteiger partial charge in [0, 0.05) is 110 Å². The second-order valence-corrected chi connectivity index (χ2v) is 28.5. The van der Waals surface area contributed by atoms with Crippen LogP contribution in [0.4, 0.5) is 31.5 Å². The number of carboxylic acid groups (broad SMARTS) is 1. The molecule has 0 radical (unpaired) electrons. The number of nitro groups is 2. The van der Waals surface area contributed by atoms with Gasteiger partial charge in [-0.15, -0.1) is 0 Å². The summed E-state index contributed by atoms with van der Waals surface area (Å²) in [4.78, 5) is 102. The van der Waals surface area contributed by atoms with Crippen LogP contribution in [0.2, 0.25) is 0 Å². The van der Waals surface area contributed by atoms with Crippen LogP contribution in [0.25, 0.3) is 21.8 Å². The zero-order chi connectivity index (χ0) is 73.2. The Labute approximate surface area is 586 Å². The number of aliphatic hydroxyl groups excluding tert-OH is 3. The van der Waals surface area contributed by atoms with Gasteiger partial charge in [-0.1, -0.05) is 46.4 Å². The van der Waals surface area contributed by atoms with Crippen LogP contribution in [0, 0.1) is 59.6 Å². The molecule has 2 amide bonds. The number of aromatic nitrogens is 2. The molecule has 27 nitrogen and oxygen atoms in total. The van der Waals surface area contributed by atoms with E-state index in [2.05, 4.69) is 21.3 Å². The maximum absolute atomic E-state index is 16.3. The number of carbonyl (C=O) groups excluding carboxylic acids is 3. The van der Waals surface area contributed by atoms with Gasteiger partial charge in [0.15, 0.2) is 31.8 Å². The second-order valence-electron chi connectivity index (χ2n) is 25.1. The molecule has 4 aliphatic rings. The molecule has 6 atom stereocenters. The van der Waals surface area contributed by atoms with E-state index in [0.29, 0.717) is 78.7 Å². The van der Waals surface area contributed by atoms with Crippen LogP contribution in [0.3, 0.4) is 0 Å². The van der Waals surface area contributed by atoms with E-state index in [-0.39, 0.29) is 85.6 Å². The number of halogens is 6. The Balaban J connectivity index is 0.000000210. The second kappa shape index (κ2) is 31.3. The van der Waals surface area contributed by atoms with E-state index in [0.717, 1.165) is 25.7 Å². The number of anilines is 2. The summed E-state index contributed by atoms with van der Waals surface area (Å²) in [6, 6.07) is 7.88. The highest BCUT2D eigenvalue weighted by Gasteiger charge is 2.40. The molecule has 2 saturated heterocycles. The highest BCUT2D eigenvalue weighted by molar-refractivity contribution is 6.58. The number of aliphatic hydroxyl groups is 3. The lowest BCUT2D eigenvalue weighted by Crippen LogP contribution is -2.49. The topological polar surface area (TPSA) is 362 Å². The summed E-state index contributed by atoms with van der Waals surface area (Å²) in [6.07, 6.45) is 0.488. The maximum Gasteiger partial charge on any atom is 0.344 e. The van der Waals surface area contributed by atoms with Crippen LogP contribution in [-0.4, -0.2) is 163 Å². The predicted octanol–water partition coefficient (Wildman–Crippen LogP) is 8.27. The Morgan fingerprint density at radius 1 is 0.657 bits per heavy atom. The summed E-state index contributed by atoms with van der Waals surface area (Å²) >= 11 is 23.1. The van der Waals surface area contributed by atoms with Gasteiger partial charge in [-0.05, 0) is 116 Å². The zero-order valence-electron chi connectivity index (χ0n) is 55.8. The number of hydrogen-bond donors (Lipinski definition) is 8. The minimum absolute atomic E-state index is 0.0125. The van der Waals surface area contributed by atoms with Gasteiger partial charge in [0.25, 0.3) is 23.2 Å². The van der Waals surface area contributed by atoms with Gasteiger partial charge in [-0.3, -0.25) is 39.4 Å². The average Bonchev–Trinajstić information content (AvgIpc) is 1.67. The number of nitrogens with one attached hydrogen (secondary N) is 4. The number of hydrogen-bond acceptors (Lipinski definition) is 20. The number of nitro benzene ring substituents is 2. The first-order chi connectivity index (χ1) is 46.5. The molecule has 10 rings (SSSR count). The van der Waals surface area contributed by atoms with Crippen LogP contribution in [0.5, 0.6) is 11.5 Å². The number of rotatable bonds is 21. The van der Waals surface area contributed by atoms with E-state index < -0.39 is 102 Å². The van der Waals surface area contributed by atoms with Crippen molar-refractivity contribution in [2.45, 2.75) is 138 Å². The van der Waals surface area contributed by atoms with Crippen molar-refractivity contribution in [3.63, 3.8) is 0 Å². The van der Waals surface area contributed by atoms with E-state index in [9.17, 15) is 69.4 Å². The molecule has 2 unspecified atom stereocenters. The number of carboxylic acids is 1. The molecule has 536 valence electrons. The molecule has 2 aliphatic heterocycles. The highest BCUT2D eigenvalue weighted by atomic mass is 35.5. The minimum atomic E-state index is -1.92. The standard InChI is InChI=1S/C33H38Cl2FN5O8.C21H26FN3O4.C12H14Cl2N2O5/c1-16-14-39(13-12-37-16)27-25(36)17(2)23-26(30(27)48-5)40(20-10-11-20)18(3)24(29(23)43)31(44)49-15-22(38-32(45)33(4,34)35)28(42)19-6-8-21(9-7-19)41(46)47;1-10-9-24(8-7-23-10)18-16(22)11(2)14-17(20(18)29-4)25(13-5-6-13)12(3)15(19(14)26)21(27)28;1-12(13,14)11(19)15-9(6-17)10(18)7-2-4-8(5-3-7)16(20)21/h6-9,16,20,22,28,37,42H,10-15H2,1-5H3,(H,38,45);10,13,23H,5-9H2,1-4H3,(H,27,28);2-5,9-10,17-18H,6H2,1H3,(H,15,19)/t16?,22-,28-;;9-,10-/m1.1/s1. The molecule has 2 saturated carbocycles. The van der Waals surface area contributed by atoms with Crippen molar-refractivity contribution < 1.29 is 72.4 Å². The molecule has 2 aliphatic carbocycles. The first-order valence-corrected chi connectivity index (χ1v) is 33.1. The molecule has 0 spiro atoms.